The Bertz CT molecular complexity index is 669. The third-order valence-electron chi connectivity index (χ3n) is 6.06. The summed E-state index contributed by atoms with van der Waals surface area (Å²) in [4.78, 5) is 47.7. The second-order valence-corrected chi connectivity index (χ2v) is 9.56. The first-order valence-electron chi connectivity index (χ1n) is 11.0. The molecule has 10 heteroatoms. The molecule has 10 nitrogen and oxygen atoms in total. The van der Waals surface area contributed by atoms with E-state index in [0.717, 1.165) is 25.7 Å². The molecule has 3 fully saturated rings. The van der Waals surface area contributed by atoms with Crippen LogP contribution in [-0.4, -0.2) is 53.3 Å². The summed E-state index contributed by atoms with van der Waals surface area (Å²) in [6.07, 6.45) is 3.29. The van der Waals surface area contributed by atoms with Gasteiger partial charge in [-0.2, -0.15) is 0 Å². The summed E-state index contributed by atoms with van der Waals surface area (Å²) in [5.41, 5.74) is 5.02. The third kappa shape index (κ3) is 7.59. The van der Waals surface area contributed by atoms with Gasteiger partial charge in [-0.15, -0.1) is 0 Å². The molecule has 0 saturated heterocycles. The normalized spacial score (nSPS) is 25.9. The Morgan fingerprint density at radius 1 is 1.06 bits per heavy atom. The number of primary amides is 1. The van der Waals surface area contributed by atoms with Gasteiger partial charge in [0.15, 0.2) is 0 Å². The van der Waals surface area contributed by atoms with E-state index in [1.54, 1.807) is 20.8 Å². The molecule has 0 aliphatic heterocycles. The molecule has 3 saturated carbocycles. The van der Waals surface area contributed by atoms with Gasteiger partial charge in [-0.25, -0.2) is 9.59 Å². The number of hydrogen-bond donors (Lipinski definition) is 5. The van der Waals surface area contributed by atoms with Crippen molar-refractivity contribution in [2.75, 3.05) is 6.54 Å². The van der Waals surface area contributed by atoms with Crippen LogP contribution in [0, 0.1) is 17.8 Å². The quantitative estimate of drug-likeness (QED) is 0.343. The number of unbranched alkanes of at least 4 members (excludes halogenated alkanes) is 1. The molecule has 3 aliphatic carbocycles. The number of nitrogens with one attached hydrogen (secondary N) is 3. The molecule has 2 bridgehead atoms. The van der Waals surface area contributed by atoms with Gasteiger partial charge in [0.05, 0.1) is 5.92 Å². The van der Waals surface area contributed by atoms with Crippen molar-refractivity contribution in [1.82, 2.24) is 16.0 Å². The number of amides is 4. The minimum absolute atomic E-state index is 0.178. The van der Waals surface area contributed by atoms with Crippen molar-refractivity contribution in [2.24, 2.45) is 23.5 Å². The lowest BCUT2D eigenvalue weighted by Gasteiger charge is -2.47. The highest BCUT2D eigenvalue weighted by Gasteiger charge is 2.47. The van der Waals surface area contributed by atoms with E-state index >= 15 is 0 Å². The zero-order valence-electron chi connectivity index (χ0n) is 18.6. The van der Waals surface area contributed by atoms with E-state index in [-0.39, 0.29) is 24.3 Å². The molecule has 3 atom stereocenters. The smallest absolute Gasteiger partial charge is 0.407 e. The molecule has 0 aromatic heterocycles. The van der Waals surface area contributed by atoms with Gasteiger partial charge in [0.25, 0.3) is 0 Å². The van der Waals surface area contributed by atoms with Crippen LogP contribution < -0.4 is 21.7 Å². The van der Waals surface area contributed by atoms with E-state index in [2.05, 4.69) is 16.0 Å². The van der Waals surface area contributed by atoms with E-state index in [0.29, 0.717) is 19.4 Å². The summed E-state index contributed by atoms with van der Waals surface area (Å²) in [7, 11) is 0. The van der Waals surface area contributed by atoms with E-state index in [1.165, 1.54) is 0 Å². The Labute approximate surface area is 183 Å². The Morgan fingerprint density at radius 2 is 1.68 bits per heavy atom. The van der Waals surface area contributed by atoms with Gasteiger partial charge >= 0.3 is 12.2 Å². The lowest BCUT2D eigenvalue weighted by molar-refractivity contribution is -0.132. The van der Waals surface area contributed by atoms with Crippen LogP contribution in [0.1, 0.15) is 65.7 Å². The maximum absolute atomic E-state index is 12.8. The first-order chi connectivity index (χ1) is 14.5. The van der Waals surface area contributed by atoms with Gasteiger partial charge in [0.2, 0.25) is 11.8 Å². The molecule has 0 aromatic carbocycles. The first-order valence-corrected chi connectivity index (χ1v) is 11.0. The maximum Gasteiger partial charge on any atom is 0.407 e. The molecule has 176 valence electrons. The number of ether oxygens (including phenoxy) is 1. The molecule has 0 aromatic rings. The number of carbonyl (C=O) groups excluding carboxylic acids is 3. The highest BCUT2D eigenvalue weighted by Crippen LogP contribution is 2.45. The zero-order valence-corrected chi connectivity index (χ0v) is 18.6. The molecule has 0 radical (unpaired) electrons. The molecule has 3 unspecified atom stereocenters. The Morgan fingerprint density at radius 3 is 2.23 bits per heavy atom. The average Bonchev–Trinajstić information content (AvgIpc) is 2.65. The molecule has 4 amide bonds. The van der Waals surface area contributed by atoms with E-state index in [4.69, 9.17) is 15.6 Å². The summed E-state index contributed by atoms with van der Waals surface area (Å²) in [5, 5.41) is 16.9. The van der Waals surface area contributed by atoms with Crippen LogP contribution >= 0.6 is 0 Å². The minimum Gasteiger partial charge on any atom is -0.465 e. The highest BCUT2D eigenvalue weighted by atomic mass is 16.6. The summed E-state index contributed by atoms with van der Waals surface area (Å²) in [6, 6.07) is -1.28. The Kier molecular flexibility index (Phi) is 8.52. The van der Waals surface area contributed by atoms with Gasteiger partial charge in [-0.1, -0.05) is 0 Å². The Balaban J connectivity index is 1.85. The monoisotopic (exact) mass is 440 g/mol. The number of nitrogens with two attached hydrogens (primary N) is 1. The maximum atomic E-state index is 12.8. The van der Waals surface area contributed by atoms with Crippen LogP contribution in [-0.2, 0) is 14.3 Å². The predicted molar refractivity (Wildman–Crippen MR) is 113 cm³/mol. The molecule has 6 N–H and O–H groups in total. The summed E-state index contributed by atoms with van der Waals surface area (Å²) in [5.74, 6) is -0.880. The van der Waals surface area contributed by atoms with E-state index in [1.807, 2.05) is 0 Å². The largest absolute Gasteiger partial charge is 0.465 e. The lowest BCUT2D eigenvalue weighted by Crippen LogP contribution is -2.60. The summed E-state index contributed by atoms with van der Waals surface area (Å²) in [6.45, 7) is 5.67. The van der Waals surface area contributed by atoms with Crippen LogP contribution in [0.3, 0.4) is 0 Å². The van der Waals surface area contributed by atoms with Crippen molar-refractivity contribution in [3.8, 4) is 0 Å². The number of fused-ring (bicyclic) bond motifs is 3. The molecule has 31 heavy (non-hydrogen) atoms. The van der Waals surface area contributed by atoms with Gasteiger partial charge < -0.3 is 31.5 Å². The number of alkyl carbamates (subject to hydrolysis) is 1. The lowest BCUT2D eigenvalue weighted by atomic mass is 9.61. The third-order valence-corrected chi connectivity index (χ3v) is 6.06. The molecule has 0 spiro atoms. The Hall–Kier alpha value is -2.52. The fraction of sp³-hybridized carbons (Fsp3) is 0.810. The second-order valence-electron chi connectivity index (χ2n) is 9.56. The highest BCUT2D eigenvalue weighted by molar-refractivity contribution is 5.86. The number of carbonyl (C=O) groups is 4. The first kappa shape index (κ1) is 24.7. The molecule has 3 aliphatic rings. The summed E-state index contributed by atoms with van der Waals surface area (Å²) >= 11 is 0. The van der Waals surface area contributed by atoms with Crippen molar-refractivity contribution >= 4 is 24.0 Å². The predicted octanol–water partition coefficient (Wildman–Crippen LogP) is 1.72. The number of hydrogen-bond acceptors (Lipinski definition) is 5. The van der Waals surface area contributed by atoms with E-state index in [9.17, 15) is 19.2 Å². The fourth-order valence-corrected chi connectivity index (χ4v) is 4.73. The van der Waals surface area contributed by atoms with Crippen LogP contribution in [0.4, 0.5) is 9.59 Å². The number of rotatable bonds is 9. The number of carboxylic acid groups (broad SMARTS) is 1. The van der Waals surface area contributed by atoms with Gasteiger partial charge in [0.1, 0.15) is 11.6 Å². The van der Waals surface area contributed by atoms with Crippen LogP contribution in [0.2, 0.25) is 0 Å². The molecule has 0 heterocycles. The standard InChI is InChI=1S/C21H36N4O6/c1-21(2,3)31-20(30)23-11-5-4-6-14(24-19(28)29)18(27)25-16-13-9-7-12(8-10-13)15(16)17(22)26/h12-16,24H,4-11H2,1-3H3,(H2,22,26)(H,23,30)(H,25,27)(H,28,29). The van der Waals surface area contributed by atoms with Crippen molar-refractivity contribution < 1.29 is 29.0 Å². The van der Waals surface area contributed by atoms with Crippen LogP contribution in [0.5, 0.6) is 0 Å². The average molecular weight is 441 g/mol. The molecular formula is C21H36N4O6. The minimum atomic E-state index is -1.29. The topological polar surface area (TPSA) is 160 Å². The van der Waals surface area contributed by atoms with Gasteiger partial charge in [0, 0.05) is 12.6 Å². The van der Waals surface area contributed by atoms with Gasteiger partial charge in [-0.3, -0.25) is 9.59 Å². The molecule has 3 rings (SSSR count). The second kappa shape index (κ2) is 10.7. The van der Waals surface area contributed by atoms with Gasteiger partial charge in [-0.05, 0) is 77.6 Å². The molecular weight excluding hydrogens is 404 g/mol. The van der Waals surface area contributed by atoms with E-state index < -0.39 is 41.6 Å². The van der Waals surface area contributed by atoms with Crippen molar-refractivity contribution in [3.63, 3.8) is 0 Å². The van der Waals surface area contributed by atoms with Crippen LogP contribution in [0.15, 0.2) is 0 Å². The summed E-state index contributed by atoms with van der Waals surface area (Å²) < 4.78 is 5.15. The van der Waals surface area contributed by atoms with Crippen molar-refractivity contribution in [1.29, 1.82) is 0 Å². The van der Waals surface area contributed by atoms with Crippen molar-refractivity contribution in [3.05, 3.63) is 0 Å². The fourth-order valence-electron chi connectivity index (χ4n) is 4.73. The zero-order chi connectivity index (χ0) is 23.2. The van der Waals surface area contributed by atoms with Crippen molar-refractivity contribution in [2.45, 2.75) is 83.4 Å². The SMILES string of the molecule is CC(C)(C)OC(=O)NCCCCC(NC(=O)O)C(=O)NC1C2CCC(CC2)C1C(N)=O. The van der Waals surface area contributed by atoms with Crippen LogP contribution in [0.25, 0.3) is 0 Å².